The Balaban J connectivity index is 2.01. The Morgan fingerprint density at radius 3 is 3.11 bits per heavy atom. The minimum atomic E-state index is 0.771. The van der Waals surface area contributed by atoms with Crippen LogP contribution in [0.25, 0.3) is 10.2 Å². The maximum absolute atomic E-state index is 6.17. The number of nitrogens with zero attached hydrogens (tertiary/aromatic N) is 2. The van der Waals surface area contributed by atoms with Crippen LogP contribution in [0.4, 0.5) is 11.4 Å². The predicted molar refractivity (Wildman–Crippen MR) is 76.4 cm³/mol. The van der Waals surface area contributed by atoms with Crippen LogP contribution in [-0.2, 0) is 4.74 Å². The Labute approximate surface area is 110 Å². The molecular formula is C13H17N3OS. The van der Waals surface area contributed by atoms with Crippen LogP contribution in [0.2, 0.25) is 0 Å². The molecule has 2 N–H and O–H groups in total. The van der Waals surface area contributed by atoms with Gasteiger partial charge in [0.2, 0.25) is 0 Å². The number of aryl methyl sites for hydroxylation is 1. The van der Waals surface area contributed by atoms with Gasteiger partial charge in [-0.3, -0.25) is 0 Å². The lowest BCUT2D eigenvalue weighted by atomic mass is 10.2. The minimum absolute atomic E-state index is 0.771. The van der Waals surface area contributed by atoms with Gasteiger partial charge >= 0.3 is 0 Å². The van der Waals surface area contributed by atoms with E-state index in [0.29, 0.717) is 0 Å². The van der Waals surface area contributed by atoms with Crippen LogP contribution in [0, 0.1) is 6.92 Å². The Morgan fingerprint density at radius 2 is 2.22 bits per heavy atom. The summed E-state index contributed by atoms with van der Waals surface area (Å²) in [5, 5.41) is 1.08. The summed E-state index contributed by atoms with van der Waals surface area (Å²) in [5.74, 6) is 0. The van der Waals surface area contributed by atoms with E-state index in [0.717, 1.165) is 54.6 Å². The van der Waals surface area contributed by atoms with Crippen LogP contribution in [-0.4, -0.2) is 31.3 Å². The zero-order valence-electron chi connectivity index (χ0n) is 10.5. The van der Waals surface area contributed by atoms with E-state index in [1.807, 2.05) is 13.0 Å². The molecule has 4 nitrogen and oxygen atoms in total. The maximum Gasteiger partial charge on any atom is 0.0907 e. The fourth-order valence-electron chi connectivity index (χ4n) is 2.35. The van der Waals surface area contributed by atoms with Gasteiger partial charge < -0.3 is 15.4 Å². The fraction of sp³-hybridized carbons (Fsp3) is 0.462. The van der Waals surface area contributed by atoms with Gasteiger partial charge in [0.05, 0.1) is 33.2 Å². The Kier molecular flexibility index (Phi) is 3.09. The summed E-state index contributed by atoms with van der Waals surface area (Å²) in [5.41, 5.74) is 9.16. The molecule has 0 aliphatic carbocycles. The molecule has 1 aromatic carbocycles. The number of hydrogen-bond acceptors (Lipinski definition) is 5. The zero-order valence-corrected chi connectivity index (χ0v) is 11.3. The third-order valence-electron chi connectivity index (χ3n) is 3.21. The molecule has 18 heavy (non-hydrogen) atoms. The van der Waals surface area contributed by atoms with Crippen molar-refractivity contribution in [2.24, 2.45) is 0 Å². The van der Waals surface area contributed by atoms with Crippen LogP contribution in [0.5, 0.6) is 0 Å². The number of ether oxygens (including phenoxy) is 1. The van der Waals surface area contributed by atoms with E-state index >= 15 is 0 Å². The number of anilines is 2. The molecule has 2 aromatic rings. The standard InChI is InChI=1S/C13H17N3OS/c1-9-15-11-8-12(10(14)7-13(11)18-9)16-3-2-5-17-6-4-16/h7-8H,2-6,14H2,1H3. The quantitative estimate of drug-likeness (QED) is 0.803. The van der Waals surface area contributed by atoms with Crippen molar-refractivity contribution in [3.05, 3.63) is 17.1 Å². The molecule has 0 atom stereocenters. The number of benzene rings is 1. The molecule has 0 spiro atoms. The highest BCUT2D eigenvalue weighted by Gasteiger charge is 2.14. The minimum Gasteiger partial charge on any atom is -0.397 e. The second-order valence-electron chi connectivity index (χ2n) is 4.56. The summed E-state index contributed by atoms with van der Waals surface area (Å²) >= 11 is 1.69. The monoisotopic (exact) mass is 263 g/mol. The zero-order chi connectivity index (χ0) is 12.5. The molecular weight excluding hydrogens is 246 g/mol. The number of nitrogen functional groups attached to an aromatic ring is 1. The van der Waals surface area contributed by atoms with Crippen molar-refractivity contribution in [2.75, 3.05) is 36.9 Å². The summed E-state index contributed by atoms with van der Waals surface area (Å²) in [6.45, 7) is 5.54. The molecule has 5 heteroatoms. The Hall–Kier alpha value is -1.33. The number of hydrogen-bond donors (Lipinski definition) is 1. The molecule has 1 aliphatic rings. The normalized spacial score (nSPS) is 17.1. The number of rotatable bonds is 1. The molecule has 96 valence electrons. The molecule has 0 unspecified atom stereocenters. The SMILES string of the molecule is Cc1nc2cc(N3CCCOCC3)c(N)cc2s1. The molecule has 2 heterocycles. The second-order valence-corrected chi connectivity index (χ2v) is 5.80. The van der Waals surface area contributed by atoms with Crippen molar-refractivity contribution < 1.29 is 4.74 Å². The third-order valence-corrected chi connectivity index (χ3v) is 4.14. The first-order chi connectivity index (χ1) is 8.74. The first-order valence-corrected chi connectivity index (χ1v) is 7.05. The molecule has 1 saturated heterocycles. The van der Waals surface area contributed by atoms with Crippen molar-refractivity contribution in [1.82, 2.24) is 4.98 Å². The van der Waals surface area contributed by atoms with Crippen LogP contribution in [0.1, 0.15) is 11.4 Å². The molecule has 1 aliphatic heterocycles. The van der Waals surface area contributed by atoms with Gasteiger partial charge in [0, 0.05) is 19.7 Å². The van der Waals surface area contributed by atoms with Gasteiger partial charge in [-0.05, 0) is 25.5 Å². The van der Waals surface area contributed by atoms with E-state index in [2.05, 4.69) is 16.0 Å². The van der Waals surface area contributed by atoms with Crippen LogP contribution < -0.4 is 10.6 Å². The van der Waals surface area contributed by atoms with Gasteiger partial charge in [-0.15, -0.1) is 11.3 Å². The largest absolute Gasteiger partial charge is 0.397 e. The van der Waals surface area contributed by atoms with Gasteiger partial charge in [-0.25, -0.2) is 4.98 Å². The molecule has 0 radical (unpaired) electrons. The lowest BCUT2D eigenvalue weighted by Crippen LogP contribution is -2.26. The summed E-state index contributed by atoms with van der Waals surface area (Å²) in [7, 11) is 0. The maximum atomic E-state index is 6.17. The van der Waals surface area contributed by atoms with E-state index < -0.39 is 0 Å². The van der Waals surface area contributed by atoms with E-state index in [9.17, 15) is 0 Å². The molecule has 0 bridgehead atoms. The van der Waals surface area contributed by atoms with Gasteiger partial charge in [0.1, 0.15) is 0 Å². The van der Waals surface area contributed by atoms with E-state index in [4.69, 9.17) is 10.5 Å². The average Bonchev–Trinajstić information content (AvgIpc) is 2.55. The summed E-state index contributed by atoms with van der Waals surface area (Å²) in [6.07, 6.45) is 1.05. The number of aromatic nitrogens is 1. The Bertz CT molecular complexity index is 559. The number of thiazole rings is 1. The van der Waals surface area contributed by atoms with Crippen molar-refractivity contribution in [3.8, 4) is 0 Å². The summed E-state index contributed by atoms with van der Waals surface area (Å²) in [4.78, 5) is 6.84. The van der Waals surface area contributed by atoms with E-state index in [-0.39, 0.29) is 0 Å². The first kappa shape index (κ1) is 11.7. The summed E-state index contributed by atoms with van der Waals surface area (Å²) < 4.78 is 6.65. The van der Waals surface area contributed by atoms with Crippen molar-refractivity contribution in [2.45, 2.75) is 13.3 Å². The second kappa shape index (κ2) is 4.74. The smallest absolute Gasteiger partial charge is 0.0907 e. The van der Waals surface area contributed by atoms with Gasteiger partial charge in [-0.2, -0.15) is 0 Å². The van der Waals surface area contributed by atoms with Crippen LogP contribution in [0.3, 0.4) is 0 Å². The van der Waals surface area contributed by atoms with Crippen LogP contribution >= 0.6 is 11.3 Å². The van der Waals surface area contributed by atoms with Crippen molar-refractivity contribution in [3.63, 3.8) is 0 Å². The number of fused-ring (bicyclic) bond motifs is 1. The van der Waals surface area contributed by atoms with Gasteiger partial charge in [-0.1, -0.05) is 0 Å². The molecule has 1 aromatic heterocycles. The van der Waals surface area contributed by atoms with E-state index in [1.54, 1.807) is 11.3 Å². The topological polar surface area (TPSA) is 51.4 Å². The first-order valence-electron chi connectivity index (χ1n) is 6.23. The van der Waals surface area contributed by atoms with Gasteiger partial charge in [0.15, 0.2) is 0 Å². The molecule has 1 fully saturated rings. The highest BCUT2D eigenvalue weighted by molar-refractivity contribution is 7.18. The van der Waals surface area contributed by atoms with Crippen LogP contribution in [0.15, 0.2) is 12.1 Å². The predicted octanol–water partition coefficient (Wildman–Crippen LogP) is 2.41. The van der Waals surface area contributed by atoms with Gasteiger partial charge in [0.25, 0.3) is 0 Å². The Morgan fingerprint density at radius 1 is 1.33 bits per heavy atom. The van der Waals surface area contributed by atoms with Crippen molar-refractivity contribution >= 4 is 32.9 Å². The molecule has 3 rings (SSSR count). The lowest BCUT2D eigenvalue weighted by Gasteiger charge is -2.23. The van der Waals surface area contributed by atoms with Crippen molar-refractivity contribution in [1.29, 1.82) is 0 Å². The highest BCUT2D eigenvalue weighted by Crippen LogP contribution is 2.32. The highest BCUT2D eigenvalue weighted by atomic mass is 32.1. The summed E-state index contributed by atoms with van der Waals surface area (Å²) in [6, 6.07) is 4.15. The third kappa shape index (κ3) is 2.15. The fourth-order valence-corrected chi connectivity index (χ4v) is 3.21. The van der Waals surface area contributed by atoms with E-state index in [1.165, 1.54) is 4.70 Å². The molecule has 0 amide bonds. The average molecular weight is 263 g/mol. The molecule has 0 saturated carbocycles. The number of nitrogens with two attached hydrogens (primary N) is 1. The lowest BCUT2D eigenvalue weighted by molar-refractivity contribution is 0.152.